The van der Waals surface area contributed by atoms with Crippen LogP contribution in [0.5, 0.6) is 0 Å². The summed E-state index contributed by atoms with van der Waals surface area (Å²) >= 11 is 6.26. The molecule has 0 atom stereocenters. The van der Waals surface area contributed by atoms with Crippen LogP contribution in [-0.4, -0.2) is 4.57 Å². The summed E-state index contributed by atoms with van der Waals surface area (Å²) in [5.74, 6) is 0. The van der Waals surface area contributed by atoms with Crippen LogP contribution >= 0.6 is 11.6 Å². The number of halogens is 1. The molecule has 0 saturated carbocycles. The minimum atomic E-state index is 0.740. The van der Waals surface area contributed by atoms with Gasteiger partial charge in [0.2, 0.25) is 0 Å². The lowest BCUT2D eigenvalue weighted by molar-refractivity contribution is 1.18. The quantitative estimate of drug-likeness (QED) is 0.237. The maximum Gasteiger partial charge on any atom is 0.0541 e. The van der Waals surface area contributed by atoms with Crippen LogP contribution < -0.4 is 0 Å². The zero-order chi connectivity index (χ0) is 24.1. The molecule has 2 heteroatoms. The van der Waals surface area contributed by atoms with Crippen molar-refractivity contribution < 1.29 is 0 Å². The average molecular weight is 480 g/mol. The van der Waals surface area contributed by atoms with Gasteiger partial charge >= 0.3 is 0 Å². The topological polar surface area (TPSA) is 4.93 Å². The van der Waals surface area contributed by atoms with Crippen molar-refractivity contribution in [2.45, 2.75) is 0 Å². The third kappa shape index (κ3) is 3.40. The van der Waals surface area contributed by atoms with E-state index in [1.165, 1.54) is 49.3 Å². The molecule has 1 heterocycles. The van der Waals surface area contributed by atoms with E-state index in [9.17, 15) is 0 Å². The van der Waals surface area contributed by atoms with Gasteiger partial charge in [0, 0.05) is 21.5 Å². The second kappa shape index (κ2) is 8.41. The first-order valence-corrected chi connectivity index (χ1v) is 12.5. The van der Waals surface area contributed by atoms with Gasteiger partial charge in [0.15, 0.2) is 0 Å². The zero-order valence-electron chi connectivity index (χ0n) is 19.5. The Labute approximate surface area is 214 Å². The van der Waals surface area contributed by atoms with Gasteiger partial charge in [0.25, 0.3) is 0 Å². The van der Waals surface area contributed by atoms with E-state index in [2.05, 4.69) is 126 Å². The van der Waals surface area contributed by atoms with Gasteiger partial charge in [-0.1, -0.05) is 103 Å². The standard InChI is InChI=1S/C34H22ClN/c35-27-17-15-24(16-18-27)32-22-28(19-20-29(32)26-14-13-23-7-1-2-8-25(23)21-26)36-33-11-5-3-9-30(33)31-10-4-6-12-34(31)36/h1-22H. The SMILES string of the molecule is Clc1ccc(-c2cc(-n3c4ccccc4c4ccccc43)ccc2-c2ccc3ccccc3c2)cc1. The highest BCUT2D eigenvalue weighted by Gasteiger charge is 2.15. The Balaban J connectivity index is 1.51. The molecule has 170 valence electrons. The molecule has 7 aromatic rings. The maximum atomic E-state index is 6.26. The fourth-order valence-electron chi connectivity index (χ4n) is 5.35. The third-order valence-corrected chi connectivity index (χ3v) is 7.31. The number of nitrogens with zero attached hydrogens (tertiary/aromatic N) is 1. The maximum absolute atomic E-state index is 6.26. The lowest BCUT2D eigenvalue weighted by Gasteiger charge is -2.16. The van der Waals surface area contributed by atoms with Gasteiger partial charge in [-0.05, 0) is 75.5 Å². The molecule has 7 rings (SSSR count). The summed E-state index contributed by atoms with van der Waals surface area (Å²) in [5.41, 5.74) is 8.28. The summed E-state index contributed by atoms with van der Waals surface area (Å²) in [6.07, 6.45) is 0. The van der Waals surface area contributed by atoms with Crippen LogP contribution in [0, 0.1) is 0 Å². The van der Waals surface area contributed by atoms with E-state index < -0.39 is 0 Å². The van der Waals surface area contributed by atoms with E-state index >= 15 is 0 Å². The second-order valence-corrected chi connectivity index (χ2v) is 9.60. The van der Waals surface area contributed by atoms with Crippen molar-refractivity contribution in [3.63, 3.8) is 0 Å². The van der Waals surface area contributed by atoms with Crippen molar-refractivity contribution in [2.24, 2.45) is 0 Å². The van der Waals surface area contributed by atoms with Gasteiger partial charge in [0.05, 0.1) is 11.0 Å². The first kappa shape index (κ1) is 21.0. The Morgan fingerprint density at radius 2 is 1.06 bits per heavy atom. The van der Waals surface area contributed by atoms with Crippen LogP contribution in [0.3, 0.4) is 0 Å². The summed E-state index contributed by atoms with van der Waals surface area (Å²) in [4.78, 5) is 0. The summed E-state index contributed by atoms with van der Waals surface area (Å²) in [5, 5.41) is 5.75. The second-order valence-electron chi connectivity index (χ2n) is 9.17. The largest absolute Gasteiger partial charge is 0.309 e. The number of rotatable bonds is 3. The van der Waals surface area contributed by atoms with Crippen LogP contribution in [0.1, 0.15) is 0 Å². The van der Waals surface area contributed by atoms with E-state index in [1.54, 1.807) is 0 Å². The molecule has 6 aromatic carbocycles. The number of fused-ring (bicyclic) bond motifs is 4. The number of hydrogen-bond acceptors (Lipinski definition) is 0. The minimum absolute atomic E-state index is 0.740. The van der Waals surface area contributed by atoms with Gasteiger partial charge in [-0.15, -0.1) is 0 Å². The molecule has 0 N–H and O–H groups in total. The number of benzene rings is 6. The molecule has 0 unspecified atom stereocenters. The van der Waals surface area contributed by atoms with Crippen LogP contribution in [0.2, 0.25) is 5.02 Å². The van der Waals surface area contributed by atoms with Crippen molar-refractivity contribution in [3.05, 3.63) is 138 Å². The molecule has 0 aliphatic heterocycles. The fourth-order valence-corrected chi connectivity index (χ4v) is 5.47. The van der Waals surface area contributed by atoms with Crippen molar-refractivity contribution in [1.29, 1.82) is 0 Å². The predicted octanol–water partition coefficient (Wildman–Crippen LogP) is 9.92. The first-order valence-electron chi connectivity index (χ1n) is 12.1. The van der Waals surface area contributed by atoms with Gasteiger partial charge < -0.3 is 4.57 Å². The highest BCUT2D eigenvalue weighted by molar-refractivity contribution is 6.30. The molecule has 1 nitrogen and oxygen atoms in total. The summed E-state index contributed by atoms with van der Waals surface area (Å²) in [6.45, 7) is 0. The van der Waals surface area contributed by atoms with E-state index in [1.807, 2.05) is 12.1 Å². The zero-order valence-corrected chi connectivity index (χ0v) is 20.3. The van der Waals surface area contributed by atoms with Gasteiger partial charge in [0.1, 0.15) is 0 Å². The summed E-state index contributed by atoms with van der Waals surface area (Å²) in [6, 6.07) is 47.4. The Hall–Kier alpha value is -4.33. The Morgan fingerprint density at radius 1 is 0.444 bits per heavy atom. The van der Waals surface area contributed by atoms with Crippen molar-refractivity contribution in [3.8, 4) is 27.9 Å². The van der Waals surface area contributed by atoms with E-state index in [4.69, 9.17) is 11.6 Å². The van der Waals surface area contributed by atoms with Crippen LogP contribution in [-0.2, 0) is 0 Å². The average Bonchev–Trinajstić information content (AvgIpc) is 3.27. The molecule has 0 aliphatic rings. The van der Waals surface area contributed by atoms with Crippen LogP contribution in [0.15, 0.2) is 133 Å². The molecule has 0 saturated heterocycles. The number of para-hydroxylation sites is 2. The van der Waals surface area contributed by atoms with Crippen LogP contribution in [0.4, 0.5) is 0 Å². The fraction of sp³-hybridized carbons (Fsp3) is 0. The molecule has 0 amide bonds. The van der Waals surface area contributed by atoms with E-state index in [0.717, 1.165) is 16.3 Å². The van der Waals surface area contributed by atoms with Crippen molar-refractivity contribution in [1.82, 2.24) is 4.57 Å². The Bertz CT molecular complexity index is 1840. The molecule has 0 radical (unpaired) electrons. The first-order chi connectivity index (χ1) is 17.8. The molecule has 0 spiro atoms. The third-order valence-electron chi connectivity index (χ3n) is 7.06. The normalized spacial score (nSPS) is 11.5. The highest BCUT2D eigenvalue weighted by atomic mass is 35.5. The monoisotopic (exact) mass is 479 g/mol. The Morgan fingerprint density at radius 3 is 1.78 bits per heavy atom. The molecular formula is C34H22ClN. The number of hydrogen-bond donors (Lipinski definition) is 0. The Kier molecular flexibility index (Phi) is 4.90. The van der Waals surface area contributed by atoms with Crippen molar-refractivity contribution >= 4 is 44.2 Å². The molecule has 1 aromatic heterocycles. The number of aromatic nitrogens is 1. The van der Waals surface area contributed by atoms with Gasteiger partial charge in [-0.25, -0.2) is 0 Å². The summed E-state index contributed by atoms with van der Waals surface area (Å²) < 4.78 is 2.37. The van der Waals surface area contributed by atoms with Gasteiger partial charge in [-0.2, -0.15) is 0 Å². The molecule has 0 bridgehead atoms. The molecule has 36 heavy (non-hydrogen) atoms. The minimum Gasteiger partial charge on any atom is -0.309 e. The van der Waals surface area contributed by atoms with Gasteiger partial charge in [-0.3, -0.25) is 0 Å². The summed E-state index contributed by atoms with van der Waals surface area (Å²) in [7, 11) is 0. The van der Waals surface area contributed by atoms with E-state index in [0.29, 0.717) is 0 Å². The lowest BCUT2D eigenvalue weighted by Crippen LogP contribution is -1.96. The smallest absolute Gasteiger partial charge is 0.0541 e. The van der Waals surface area contributed by atoms with E-state index in [-0.39, 0.29) is 0 Å². The predicted molar refractivity (Wildman–Crippen MR) is 154 cm³/mol. The van der Waals surface area contributed by atoms with Crippen LogP contribution in [0.25, 0.3) is 60.5 Å². The molecule has 0 fully saturated rings. The molecule has 0 aliphatic carbocycles. The highest BCUT2D eigenvalue weighted by Crippen LogP contribution is 2.38. The lowest BCUT2D eigenvalue weighted by atomic mass is 9.92. The van der Waals surface area contributed by atoms with Crippen molar-refractivity contribution in [2.75, 3.05) is 0 Å². The molecular weight excluding hydrogens is 458 g/mol.